The fraction of sp³-hybridized carbons (Fsp3) is 0.286. The third kappa shape index (κ3) is 1.70. The Hall–Kier alpha value is -2.10. The second-order valence-electron chi connectivity index (χ2n) is 4.77. The predicted octanol–water partition coefficient (Wildman–Crippen LogP) is 1.67. The molecule has 0 spiro atoms. The van der Waals surface area contributed by atoms with Gasteiger partial charge in [0, 0.05) is 6.54 Å². The van der Waals surface area contributed by atoms with E-state index in [-0.39, 0.29) is 23.4 Å². The highest BCUT2D eigenvalue weighted by molar-refractivity contribution is 5.88. The summed E-state index contributed by atoms with van der Waals surface area (Å²) in [5, 5.41) is 8.94. The fourth-order valence-corrected chi connectivity index (χ4v) is 2.66. The maximum Gasteiger partial charge on any atom is 0.335 e. The molecule has 2 aliphatic rings. The highest BCUT2D eigenvalue weighted by Gasteiger charge is 2.40. The molecule has 0 aromatic heterocycles. The van der Waals surface area contributed by atoms with Crippen molar-refractivity contribution in [3.63, 3.8) is 0 Å². The van der Waals surface area contributed by atoms with Gasteiger partial charge in [-0.15, -0.1) is 0 Å². The number of hydrogen-bond donors (Lipinski definition) is 1. The molecule has 18 heavy (non-hydrogen) atoms. The van der Waals surface area contributed by atoms with Crippen molar-refractivity contribution in [3.05, 3.63) is 47.5 Å². The van der Waals surface area contributed by atoms with Crippen LogP contribution in [0.2, 0.25) is 0 Å². The lowest BCUT2D eigenvalue weighted by Gasteiger charge is -2.24. The van der Waals surface area contributed by atoms with Gasteiger partial charge in [0.2, 0.25) is 5.91 Å². The minimum Gasteiger partial charge on any atom is -0.478 e. The number of benzene rings is 1. The predicted molar refractivity (Wildman–Crippen MR) is 65.0 cm³/mol. The van der Waals surface area contributed by atoms with Crippen molar-refractivity contribution in [2.75, 3.05) is 0 Å². The second-order valence-corrected chi connectivity index (χ2v) is 4.77. The van der Waals surface area contributed by atoms with Crippen LogP contribution in [0.25, 0.3) is 0 Å². The van der Waals surface area contributed by atoms with Gasteiger partial charge in [-0.1, -0.05) is 24.3 Å². The molecule has 4 heteroatoms. The smallest absolute Gasteiger partial charge is 0.335 e. The van der Waals surface area contributed by atoms with E-state index < -0.39 is 5.97 Å². The van der Waals surface area contributed by atoms with E-state index >= 15 is 0 Å². The normalized spacial score (nSPS) is 24.9. The van der Waals surface area contributed by atoms with Gasteiger partial charge in [-0.3, -0.25) is 4.79 Å². The summed E-state index contributed by atoms with van der Waals surface area (Å²) >= 11 is 0. The van der Waals surface area contributed by atoms with Crippen LogP contribution in [0, 0.1) is 5.92 Å². The zero-order valence-electron chi connectivity index (χ0n) is 9.74. The van der Waals surface area contributed by atoms with Crippen molar-refractivity contribution >= 4 is 11.9 Å². The Kier molecular flexibility index (Phi) is 2.44. The molecule has 1 aromatic rings. The van der Waals surface area contributed by atoms with E-state index in [0.717, 1.165) is 12.0 Å². The summed E-state index contributed by atoms with van der Waals surface area (Å²) in [5.74, 6) is -0.744. The van der Waals surface area contributed by atoms with E-state index in [0.29, 0.717) is 6.54 Å². The number of hydrogen-bond acceptors (Lipinski definition) is 2. The van der Waals surface area contributed by atoms with E-state index in [1.54, 1.807) is 18.2 Å². The maximum absolute atomic E-state index is 11.9. The van der Waals surface area contributed by atoms with Gasteiger partial charge in [-0.2, -0.15) is 0 Å². The second kappa shape index (κ2) is 3.98. The van der Waals surface area contributed by atoms with Crippen LogP contribution in [0.1, 0.15) is 22.3 Å². The average molecular weight is 243 g/mol. The topological polar surface area (TPSA) is 57.6 Å². The minimum atomic E-state index is -0.939. The summed E-state index contributed by atoms with van der Waals surface area (Å²) in [6, 6.07) is 6.95. The third-order valence-corrected chi connectivity index (χ3v) is 3.59. The highest BCUT2D eigenvalue weighted by Crippen LogP contribution is 2.33. The summed E-state index contributed by atoms with van der Waals surface area (Å²) in [5.41, 5.74) is 1.13. The lowest BCUT2D eigenvalue weighted by Crippen LogP contribution is -2.34. The Balaban J connectivity index is 1.81. The van der Waals surface area contributed by atoms with Crippen LogP contribution in [0.15, 0.2) is 36.4 Å². The van der Waals surface area contributed by atoms with Gasteiger partial charge in [-0.25, -0.2) is 4.79 Å². The van der Waals surface area contributed by atoms with Crippen LogP contribution < -0.4 is 0 Å². The van der Waals surface area contributed by atoms with Crippen molar-refractivity contribution in [2.45, 2.75) is 19.0 Å². The van der Waals surface area contributed by atoms with E-state index in [4.69, 9.17) is 5.11 Å². The number of carboxylic acid groups (broad SMARTS) is 1. The van der Waals surface area contributed by atoms with Crippen LogP contribution >= 0.6 is 0 Å². The summed E-state index contributed by atoms with van der Waals surface area (Å²) in [7, 11) is 0. The summed E-state index contributed by atoms with van der Waals surface area (Å²) in [4.78, 5) is 24.7. The monoisotopic (exact) mass is 243 g/mol. The van der Waals surface area contributed by atoms with Crippen LogP contribution in [0.5, 0.6) is 0 Å². The summed E-state index contributed by atoms with van der Waals surface area (Å²) in [6.07, 6.45) is 4.90. The number of nitrogens with zero attached hydrogens (tertiary/aromatic N) is 1. The van der Waals surface area contributed by atoms with Crippen molar-refractivity contribution in [1.29, 1.82) is 0 Å². The lowest BCUT2D eigenvalue weighted by atomic mass is 10.1. The van der Waals surface area contributed by atoms with Crippen molar-refractivity contribution in [3.8, 4) is 0 Å². The molecule has 1 heterocycles. The number of rotatable bonds is 3. The Morgan fingerprint density at radius 1 is 1.39 bits per heavy atom. The van der Waals surface area contributed by atoms with Crippen molar-refractivity contribution in [2.24, 2.45) is 5.92 Å². The maximum atomic E-state index is 11.9. The van der Waals surface area contributed by atoms with E-state index in [9.17, 15) is 9.59 Å². The Labute approximate surface area is 105 Å². The van der Waals surface area contributed by atoms with Crippen LogP contribution in [0.3, 0.4) is 0 Å². The molecular weight excluding hydrogens is 230 g/mol. The van der Waals surface area contributed by atoms with Crippen LogP contribution in [0.4, 0.5) is 0 Å². The SMILES string of the molecule is O=C(O)c1cccc(CN2C(=O)C3C=CC2C3)c1. The molecule has 1 amide bonds. The molecule has 0 saturated carbocycles. The molecule has 2 bridgehead atoms. The van der Waals surface area contributed by atoms with E-state index in [1.165, 1.54) is 0 Å². The average Bonchev–Trinajstić information content (AvgIpc) is 2.93. The molecule has 1 aliphatic heterocycles. The number of likely N-dealkylation sites (tertiary alicyclic amines) is 1. The van der Waals surface area contributed by atoms with Gasteiger partial charge in [0.05, 0.1) is 17.5 Å². The fourth-order valence-electron chi connectivity index (χ4n) is 2.66. The summed E-state index contributed by atoms with van der Waals surface area (Å²) < 4.78 is 0. The van der Waals surface area contributed by atoms with Gasteiger partial charge in [0.25, 0.3) is 0 Å². The zero-order chi connectivity index (χ0) is 12.7. The van der Waals surface area contributed by atoms with Crippen LogP contribution in [-0.4, -0.2) is 27.9 Å². The quantitative estimate of drug-likeness (QED) is 0.821. The first-order valence-electron chi connectivity index (χ1n) is 5.96. The first kappa shape index (κ1) is 11.0. The number of amides is 1. The zero-order valence-corrected chi connectivity index (χ0v) is 9.74. The number of carboxylic acids is 1. The third-order valence-electron chi connectivity index (χ3n) is 3.59. The molecular formula is C14H13NO3. The van der Waals surface area contributed by atoms with E-state index in [1.807, 2.05) is 17.0 Å². The molecule has 1 aliphatic carbocycles. The van der Waals surface area contributed by atoms with Gasteiger partial charge >= 0.3 is 5.97 Å². The molecule has 92 valence electrons. The van der Waals surface area contributed by atoms with Gasteiger partial charge < -0.3 is 10.0 Å². The molecule has 1 fully saturated rings. The molecule has 0 radical (unpaired) electrons. The molecule has 1 aromatic carbocycles. The summed E-state index contributed by atoms with van der Waals surface area (Å²) in [6.45, 7) is 0.492. The molecule has 2 atom stereocenters. The minimum absolute atomic E-state index is 0.0395. The number of carbonyl (C=O) groups is 2. The standard InChI is InChI=1S/C14H13NO3/c16-13-10-4-5-12(7-10)15(13)8-9-2-1-3-11(6-9)14(17)18/h1-6,10,12H,7-8H2,(H,17,18). The molecule has 1 N–H and O–H groups in total. The molecule has 4 nitrogen and oxygen atoms in total. The van der Waals surface area contributed by atoms with Crippen LogP contribution in [-0.2, 0) is 11.3 Å². The van der Waals surface area contributed by atoms with Crippen molar-refractivity contribution in [1.82, 2.24) is 4.90 Å². The number of carbonyl (C=O) groups excluding carboxylic acids is 1. The number of fused-ring (bicyclic) bond motifs is 2. The lowest BCUT2D eigenvalue weighted by molar-refractivity contribution is -0.131. The first-order valence-corrected chi connectivity index (χ1v) is 5.96. The van der Waals surface area contributed by atoms with Gasteiger partial charge in [-0.05, 0) is 24.1 Å². The Bertz CT molecular complexity index is 550. The van der Waals surface area contributed by atoms with Crippen molar-refractivity contribution < 1.29 is 14.7 Å². The van der Waals surface area contributed by atoms with E-state index in [2.05, 4.69) is 6.08 Å². The highest BCUT2D eigenvalue weighted by atomic mass is 16.4. The first-order chi connectivity index (χ1) is 8.65. The molecule has 1 saturated heterocycles. The molecule has 2 unspecified atom stereocenters. The van der Waals surface area contributed by atoms with Gasteiger partial charge in [0.1, 0.15) is 0 Å². The molecule has 3 rings (SSSR count). The largest absolute Gasteiger partial charge is 0.478 e. The Morgan fingerprint density at radius 2 is 2.22 bits per heavy atom. The Morgan fingerprint density at radius 3 is 2.89 bits per heavy atom. The number of aromatic carboxylic acids is 1. The van der Waals surface area contributed by atoms with Gasteiger partial charge in [0.15, 0.2) is 0 Å².